The standard InChI is InChI=1S/C16H15N5O/c1-11-15(20-21-16(22)19-11)13-4-6-14(7-5-13)18-10-12-3-2-8-17-9-12/h2-11H,1H3,(H2,19,21,22)/b18-10+. The van der Waals surface area contributed by atoms with Crippen molar-refractivity contribution in [2.45, 2.75) is 13.0 Å². The fourth-order valence-electron chi connectivity index (χ4n) is 2.14. The van der Waals surface area contributed by atoms with Crippen LogP contribution in [0.1, 0.15) is 18.1 Å². The van der Waals surface area contributed by atoms with Crippen molar-refractivity contribution in [3.05, 3.63) is 59.9 Å². The predicted octanol–water partition coefficient (Wildman–Crippen LogP) is 2.24. The summed E-state index contributed by atoms with van der Waals surface area (Å²) in [7, 11) is 0. The van der Waals surface area contributed by atoms with Gasteiger partial charge in [0.2, 0.25) is 0 Å². The van der Waals surface area contributed by atoms with Crippen LogP contribution in [0.3, 0.4) is 0 Å². The quantitative estimate of drug-likeness (QED) is 0.851. The number of carbonyl (C=O) groups is 1. The largest absolute Gasteiger partial charge is 0.335 e. The number of aromatic nitrogens is 1. The molecule has 6 heteroatoms. The summed E-state index contributed by atoms with van der Waals surface area (Å²) in [5.41, 5.74) is 5.95. The van der Waals surface area contributed by atoms with Crippen molar-refractivity contribution in [1.82, 2.24) is 15.7 Å². The Hall–Kier alpha value is -3.02. The number of hydrazone groups is 1. The van der Waals surface area contributed by atoms with Crippen LogP contribution in [0, 0.1) is 0 Å². The van der Waals surface area contributed by atoms with E-state index < -0.39 is 0 Å². The number of rotatable bonds is 3. The Labute approximate surface area is 128 Å². The van der Waals surface area contributed by atoms with Gasteiger partial charge in [-0.15, -0.1) is 0 Å². The molecular weight excluding hydrogens is 278 g/mol. The number of nitrogens with one attached hydrogen (secondary N) is 2. The lowest BCUT2D eigenvalue weighted by molar-refractivity contribution is 0.239. The van der Waals surface area contributed by atoms with Crippen molar-refractivity contribution in [1.29, 1.82) is 0 Å². The maximum atomic E-state index is 11.2. The number of hydrogen-bond acceptors (Lipinski definition) is 4. The highest BCUT2D eigenvalue weighted by Crippen LogP contribution is 2.15. The third kappa shape index (κ3) is 3.17. The fourth-order valence-corrected chi connectivity index (χ4v) is 2.14. The van der Waals surface area contributed by atoms with Crippen LogP contribution >= 0.6 is 0 Å². The summed E-state index contributed by atoms with van der Waals surface area (Å²) in [4.78, 5) is 19.6. The molecule has 6 nitrogen and oxygen atoms in total. The molecule has 2 N–H and O–H groups in total. The minimum atomic E-state index is -0.283. The van der Waals surface area contributed by atoms with Crippen molar-refractivity contribution < 1.29 is 4.79 Å². The number of aliphatic imine (C=N–C) groups is 1. The summed E-state index contributed by atoms with van der Waals surface area (Å²) in [6.07, 6.45) is 5.25. The van der Waals surface area contributed by atoms with Crippen LogP contribution < -0.4 is 10.7 Å². The molecule has 1 unspecified atom stereocenters. The number of pyridine rings is 1. The average Bonchev–Trinajstić information content (AvgIpc) is 2.55. The molecule has 0 spiro atoms. The second-order valence-corrected chi connectivity index (χ2v) is 4.90. The number of carbonyl (C=O) groups excluding carboxylic acids is 1. The summed E-state index contributed by atoms with van der Waals surface area (Å²) >= 11 is 0. The summed E-state index contributed by atoms with van der Waals surface area (Å²) in [5, 5.41) is 6.86. The smallest absolute Gasteiger partial charge is 0.328 e. The molecule has 0 fully saturated rings. The van der Waals surface area contributed by atoms with Crippen molar-refractivity contribution in [3.8, 4) is 0 Å². The third-order valence-electron chi connectivity index (χ3n) is 3.25. The molecule has 3 rings (SSSR count). The molecule has 22 heavy (non-hydrogen) atoms. The minimum absolute atomic E-state index is 0.126. The molecule has 1 aliphatic heterocycles. The van der Waals surface area contributed by atoms with Crippen LogP contribution in [0.25, 0.3) is 0 Å². The van der Waals surface area contributed by atoms with Gasteiger partial charge in [0.1, 0.15) is 0 Å². The lowest BCUT2D eigenvalue weighted by Gasteiger charge is -2.21. The first kappa shape index (κ1) is 13.9. The maximum Gasteiger partial charge on any atom is 0.335 e. The van der Waals surface area contributed by atoms with E-state index in [-0.39, 0.29) is 12.1 Å². The van der Waals surface area contributed by atoms with Crippen LogP contribution in [-0.4, -0.2) is 29.0 Å². The molecule has 2 aromatic rings. The highest BCUT2D eigenvalue weighted by molar-refractivity contribution is 6.07. The van der Waals surface area contributed by atoms with Crippen LogP contribution in [0.15, 0.2) is 58.9 Å². The number of benzene rings is 1. The topological polar surface area (TPSA) is 78.7 Å². The van der Waals surface area contributed by atoms with Gasteiger partial charge in [-0.05, 0) is 25.1 Å². The number of amides is 2. The van der Waals surface area contributed by atoms with Crippen LogP contribution in [0.5, 0.6) is 0 Å². The third-order valence-corrected chi connectivity index (χ3v) is 3.25. The van der Waals surface area contributed by atoms with Gasteiger partial charge in [-0.1, -0.05) is 18.2 Å². The first-order valence-corrected chi connectivity index (χ1v) is 6.91. The number of hydrogen-bond donors (Lipinski definition) is 2. The fraction of sp³-hybridized carbons (Fsp3) is 0.125. The Morgan fingerprint density at radius 3 is 2.73 bits per heavy atom. The second kappa shape index (κ2) is 6.17. The van der Waals surface area contributed by atoms with E-state index in [1.165, 1.54) is 0 Å². The Bertz CT molecular complexity index is 722. The zero-order valence-corrected chi connectivity index (χ0v) is 12.0. The first-order chi connectivity index (χ1) is 10.7. The molecular formula is C16H15N5O. The van der Waals surface area contributed by atoms with E-state index >= 15 is 0 Å². The normalized spacial score (nSPS) is 17.8. The molecule has 0 aliphatic carbocycles. The van der Waals surface area contributed by atoms with Gasteiger partial charge in [0, 0.05) is 29.7 Å². The van der Waals surface area contributed by atoms with Gasteiger partial charge in [0.25, 0.3) is 0 Å². The highest BCUT2D eigenvalue weighted by atomic mass is 16.2. The van der Waals surface area contributed by atoms with Crippen molar-refractivity contribution in [2.75, 3.05) is 0 Å². The average molecular weight is 293 g/mol. The van der Waals surface area contributed by atoms with Crippen LogP contribution in [0.4, 0.5) is 10.5 Å². The Balaban J connectivity index is 1.76. The molecule has 0 saturated heterocycles. The SMILES string of the molecule is CC1NC(=O)NN=C1c1ccc(/N=C/c2cccnc2)cc1. The van der Waals surface area contributed by atoms with Gasteiger partial charge in [-0.3, -0.25) is 9.98 Å². The zero-order valence-electron chi connectivity index (χ0n) is 12.0. The molecule has 110 valence electrons. The van der Waals surface area contributed by atoms with Gasteiger partial charge in [0.15, 0.2) is 0 Å². The number of urea groups is 1. The van der Waals surface area contributed by atoms with Gasteiger partial charge in [-0.25, -0.2) is 10.2 Å². The van der Waals surface area contributed by atoms with Crippen molar-refractivity contribution in [2.24, 2.45) is 10.1 Å². The lowest BCUT2D eigenvalue weighted by Crippen LogP contribution is -2.48. The van der Waals surface area contributed by atoms with Gasteiger partial charge >= 0.3 is 6.03 Å². The van der Waals surface area contributed by atoms with Crippen molar-refractivity contribution in [3.63, 3.8) is 0 Å². The van der Waals surface area contributed by atoms with E-state index in [1.54, 1.807) is 18.6 Å². The molecule has 2 heterocycles. The Morgan fingerprint density at radius 1 is 1.23 bits per heavy atom. The molecule has 1 aromatic heterocycles. The van der Waals surface area contributed by atoms with Crippen LogP contribution in [0.2, 0.25) is 0 Å². The predicted molar refractivity (Wildman–Crippen MR) is 85.6 cm³/mol. The van der Waals surface area contributed by atoms with Gasteiger partial charge in [-0.2, -0.15) is 5.10 Å². The molecule has 1 aliphatic rings. The van der Waals surface area contributed by atoms with Crippen LogP contribution in [-0.2, 0) is 0 Å². The Morgan fingerprint density at radius 2 is 2.05 bits per heavy atom. The van der Waals surface area contributed by atoms with Gasteiger partial charge in [0.05, 0.1) is 17.4 Å². The summed E-state index contributed by atoms with van der Waals surface area (Å²) in [6.45, 7) is 1.89. The summed E-state index contributed by atoms with van der Waals surface area (Å²) in [6, 6.07) is 11.1. The van der Waals surface area contributed by atoms with E-state index in [1.807, 2.05) is 43.3 Å². The molecule has 0 bridgehead atoms. The van der Waals surface area contributed by atoms with Gasteiger partial charge < -0.3 is 5.32 Å². The molecule has 0 radical (unpaired) electrons. The highest BCUT2D eigenvalue weighted by Gasteiger charge is 2.19. The van der Waals surface area contributed by atoms with E-state index in [0.29, 0.717) is 0 Å². The molecule has 1 atom stereocenters. The van der Waals surface area contributed by atoms with E-state index in [4.69, 9.17) is 0 Å². The van der Waals surface area contributed by atoms with E-state index in [0.717, 1.165) is 22.5 Å². The monoisotopic (exact) mass is 293 g/mol. The second-order valence-electron chi connectivity index (χ2n) is 4.90. The lowest BCUT2D eigenvalue weighted by atomic mass is 10.0. The molecule has 2 amide bonds. The molecule has 0 saturated carbocycles. The summed E-state index contributed by atoms with van der Waals surface area (Å²) in [5.74, 6) is 0. The molecule has 1 aromatic carbocycles. The van der Waals surface area contributed by atoms with E-state index in [9.17, 15) is 4.79 Å². The Kier molecular flexibility index (Phi) is 3.91. The maximum absolute atomic E-state index is 11.2. The van der Waals surface area contributed by atoms with Crippen molar-refractivity contribution >= 4 is 23.6 Å². The minimum Gasteiger partial charge on any atom is -0.328 e. The van der Waals surface area contributed by atoms with E-state index in [2.05, 4.69) is 25.8 Å². The summed E-state index contributed by atoms with van der Waals surface area (Å²) < 4.78 is 0. The zero-order chi connectivity index (χ0) is 15.4. The first-order valence-electron chi connectivity index (χ1n) is 6.91. The number of nitrogens with zero attached hydrogens (tertiary/aromatic N) is 3.